The zero-order chi connectivity index (χ0) is 32.1. The van der Waals surface area contributed by atoms with E-state index in [4.69, 9.17) is 9.47 Å². The van der Waals surface area contributed by atoms with E-state index in [0.29, 0.717) is 31.5 Å². The molecule has 246 valence electrons. The fourth-order valence-electron chi connectivity index (χ4n) is 6.38. The van der Waals surface area contributed by atoms with Gasteiger partial charge < -0.3 is 19.7 Å². The van der Waals surface area contributed by atoms with E-state index in [9.17, 15) is 24.0 Å². The summed E-state index contributed by atoms with van der Waals surface area (Å²) in [7, 11) is 0. The monoisotopic (exact) mass is 626 g/mol. The molecule has 4 aliphatic heterocycles. The highest BCUT2D eigenvalue weighted by atomic mass is 16.6. The Morgan fingerprint density at radius 2 is 1.64 bits per heavy atom. The second kappa shape index (κ2) is 14.3. The summed E-state index contributed by atoms with van der Waals surface area (Å²) in [5, 5.41) is 5.49. The van der Waals surface area contributed by atoms with Crippen LogP contribution in [0.5, 0.6) is 0 Å². The van der Waals surface area contributed by atoms with Gasteiger partial charge in [-0.15, -0.1) is 0 Å². The van der Waals surface area contributed by atoms with Gasteiger partial charge in [0.15, 0.2) is 0 Å². The zero-order valence-corrected chi connectivity index (χ0v) is 26.6. The lowest BCUT2D eigenvalue weighted by Crippen LogP contribution is -2.54. The number of hydrogen-bond donors (Lipinski definition) is 2. The van der Waals surface area contributed by atoms with Crippen molar-refractivity contribution < 1.29 is 33.4 Å². The average Bonchev–Trinajstić information content (AvgIpc) is 3.25. The van der Waals surface area contributed by atoms with E-state index in [2.05, 4.69) is 20.4 Å². The Balaban J connectivity index is 0.941. The van der Waals surface area contributed by atoms with Gasteiger partial charge in [-0.05, 0) is 64.7 Å². The number of amides is 5. The second-order valence-corrected chi connectivity index (χ2v) is 13.2. The SMILES string of the molecule is CC(C)(C)OC(=O)N1CCC(N2CCN(CCOCCCNc3ccc4c(c3)C(=O)N(C3CCC(=O)NC3=O)C4=O)CC2)CC1. The number of fused-ring (bicyclic) bond motifs is 1. The van der Waals surface area contributed by atoms with Crippen LogP contribution in [0.3, 0.4) is 0 Å². The van der Waals surface area contributed by atoms with E-state index in [1.165, 1.54) is 0 Å². The molecule has 3 saturated heterocycles. The number of imide groups is 2. The van der Waals surface area contributed by atoms with Gasteiger partial charge in [0.2, 0.25) is 11.8 Å². The minimum atomic E-state index is -0.969. The lowest BCUT2D eigenvalue weighted by molar-refractivity contribution is -0.136. The van der Waals surface area contributed by atoms with Crippen LogP contribution in [-0.4, -0.2) is 133 Å². The number of piperazine rings is 1. The molecule has 13 heteroatoms. The maximum absolute atomic E-state index is 13.0. The van der Waals surface area contributed by atoms with Crippen LogP contribution in [0.4, 0.5) is 10.5 Å². The lowest BCUT2D eigenvalue weighted by atomic mass is 10.0. The molecule has 45 heavy (non-hydrogen) atoms. The Bertz CT molecular complexity index is 1280. The normalized spacial score (nSPS) is 22.1. The third-order valence-electron chi connectivity index (χ3n) is 8.83. The molecule has 3 fully saturated rings. The number of nitrogens with one attached hydrogen (secondary N) is 2. The zero-order valence-electron chi connectivity index (χ0n) is 26.6. The maximum Gasteiger partial charge on any atom is 0.410 e. The van der Waals surface area contributed by atoms with Crippen LogP contribution in [0.25, 0.3) is 0 Å². The summed E-state index contributed by atoms with van der Waals surface area (Å²) >= 11 is 0. The molecule has 1 atom stereocenters. The van der Waals surface area contributed by atoms with Gasteiger partial charge in [-0.3, -0.25) is 39.2 Å². The van der Waals surface area contributed by atoms with Crippen LogP contribution in [0.1, 0.15) is 73.6 Å². The number of carbonyl (C=O) groups is 5. The van der Waals surface area contributed by atoms with Gasteiger partial charge in [-0.25, -0.2) is 4.79 Å². The fourth-order valence-corrected chi connectivity index (χ4v) is 6.38. The molecule has 0 bridgehead atoms. The van der Waals surface area contributed by atoms with Crippen molar-refractivity contribution in [3.63, 3.8) is 0 Å². The molecule has 1 unspecified atom stereocenters. The number of ether oxygens (including phenoxy) is 2. The number of benzene rings is 1. The van der Waals surface area contributed by atoms with Crippen LogP contribution in [0, 0.1) is 0 Å². The Morgan fingerprint density at radius 3 is 2.33 bits per heavy atom. The highest BCUT2D eigenvalue weighted by molar-refractivity contribution is 6.23. The molecule has 13 nitrogen and oxygen atoms in total. The summed E-state index contributed by atoms with van der Waals surface area (Å²) in [6.07, 6.45) is 2.76. The van der Waals surface area contributed by atoms with Crippen molar-refractivity contribution in [3.05, 3.63) is 29.3 Å². The van der Waals surface area contributed by atoms with Gasteiger partial charge in [0, 0.05) is 77.1 Å². The first-order valence-corrected chi connectivity index (χ1v) is 16.1. The van der Waals surface area contributed by atoms with E-state index < -0.39 is 35.3 Å². The minimum absolute atomic E-state index is 0.0920. The van der Waals surface area contributed by atoms with Crippen molar-refractivity contribution in [1.29, 1.82) is 0 Å². The standard InChI is InChI=1S/C32H46N6O7/c1-32(2,3)45-31(43)37-12-9-23(10-13-37)36-16-14-35(15-17-36)18-20-44-19-4-11-33-22-5-6-24-25(21-22)30(42)38(29(24)41)26-7-8-27(39)34-28(26)40/h5-6,21,23,26,33H,4,7-20H2,1-3H3,(H,34,39,40). The molecule has 0 aliphatic carbocycles. The number of likely N-dealkylation sites (tertiary alicyclic amines) is 1. The summed E-state index contributed by atoms with van der Waals surface area (Å²) < 4.78 is 11.4. The predicted molar refractivity (Wildman–Crippen MR) is 166 cm³/mol. The number of anilines is 1. The molecule has 0 aromatic heterocycles. The van der Waals surface area contributed by atoms with E-state index in [1.807, 2.05) is 25.7 Å². The first-order chi connectivity index (χ1) is 21.5. The highest BCUT2D eigenvalue weighted by Gasteiger charge is 2.44. The molecule has 0 radical (unpaired) electrons. The summed E-state index contributed by atoms with van der Waals surface area (Å²) in [6, 6.07) is 4.55. The van der Waals surface area contributed by atoms with E-state index in [0.717, 1.165) is 70.0 Å². The molecule has 1 aromatic rings. The Kier molecular flexibility index (Phi) is 10.4. The quantitative estimate of drug-likeness (QED) is 0.292. The van der Waals surface area contributed by atoms with Gasteiger partial charge in [0.05, 0.1) is 17.7 Å². The third kappa shape index (κ3) is 8.19. The molecular formula is C32H46N6O7. The van der Waals surface area contributed by atoms with Gasteiger partial charge in [-0.2, -0.15) is 0 Å². The van der Waals surface area contributed by atoms with Crippen molar-refractivity contribution in [3.8, 4) is 0 Å². The lowest BCUT2D eigenvalue weighted by Gasteiger charge is -2.42. The highest BCUT2D eigenvalue weighted by Crippen LogP contribution is 2.29. The third-order valence-corrected chi connectivity index (χ3v) is 8.83. The van der Waals surface area contributed by atoms with Crippen LogP contribution in [-0.2, 0) is 19.1 Å². The minimum Gasteiger partial charge on any atom is -0.444 e. The Labute approximate surface area is 264 Å². The molecular weight excluding hydrogens is 580 g/mol. The van der Waals surface area contributed by atoms with E-state index in [1.54, 1.807) is 18.2 Å². The van der Waals surface area contributed by atoms with Crippen LogP contribution < -0.4 is 10.6 Å². The van der Waals surface area contributed by atoms with Crippen molar-refractivity contribution in [2.24, 2.45) is 0 Å². The summed E-state index contributed by atoms with van der Waals surface area (Å²) in [4.78, 5) is 69.7. The molecule has 1 aromatic carbocycles. The summed E-state index contributed by atoms with van der Waals surface area (Å²) in [6.45, 7) is 14.1. The van der Waals surface area contributed by atoms with Gasteiger partial charge >= 0.3 is 6.09 Å². The van der Waals surface area contributed by atoms with Crippen molar-refractivity contribution in [2.45, 2.75) is 70.6 Å². The number of carbonyl (C=O) groups excluding carboxylic acids is 5. The van der Waals surface area contributed by atoms with E-state index in [-0.39, 0.29) is 30.1 Å². The van der Waals surface area contributed by atoms with Gasteiger partial charge in [0.25, 0.3) is 11.8 Å². The summed E-state index contributed by atoms with van der Waals surface area (Å²) in [5.74, 6) is -2.03. The molecule has 5 rings (SSSR count). The number of hydrogen-bond acceptors (Lipinski definition) is 10. The molecule has 2 N–H and O–H groups in total. The largest absolute Gasteiger partial charge is 0.444 e. The van der Waals surface area contributed by atoms with Crippen LogP contribution in [0.2, 0.25) is 0 Å². The van der Waals surface area contributed by atoms with Gasteiger partial charge in [-0.1, -0.05) is 0 Å². The average molecular weight is 627 g/mol. The second-order valence-electron chi connectivity index (χ2n) is 13.2. The topological polar surface area (TPSA) is 141 Å². The van der Waals surface area contributed by atoms with Crippen molar-refractivity contribution in [1.82, 2.24) is 24.9 Å². The van der Waals surface area contributed by atoms with E-state index >= 15 is 0 Å². The number of piperidine rings is 2. The van der Waals surface area contributed by atoms with Crippen LogP contribution >= 0.6 is 0 Å². The van der Waals surface area contributed by atoms with Gasteiger partial charge in [0.1, 0.15) is 11.6 Å². The van der Waals surface area contributed by atoms with Crippen molar-refractivity contribution in [2.75, 3.05) is 70.9 Å². The Morgan fingerprint density at radius 1 is 0.933 bits per heavy atom. The molecule has 0 saturated carbocycles. The number of rotatable bonds is 10. The molecule has 4 aliphatic rings. The fraction of sp³-hybridized carbons (Fsp3) is 0.656. The van der Waals surface area contributed by atoms with Crippen LogP contribution in [0.15, 0.2) is 18.2 Å². The maximum atomic E-state index is 13.0. The van der Waals surface area contributed by atoms with Crippen molar-refractivity contribution >= 4 is 35.4 Å². The first kappa shape index (κ1) is 32.8. The molecule has 0 spiro atoms. The smallest absolute Gasteiger partial charge is 0.410 e. The summed E-state index contributed by atoms with van der Waals surface area (Å²) in [5.41, 5.74) is 0.778. The number of nitrogens with zero attached hydrogens (tertiary/aromatic N) is 4. The molecule has 4 heterocycles. The Hall–Kier alpha value is -3.55. The molecule has 5 amide bonds. The first-order valence-electron chi connectivity index (χ1n) is 16.1. The predicted octanol–water partition coefficient (Wildman–Crippen LogP) is 1.92.